The van der Waals surface area contributed by atoms with Crippen molar-refractivity contribution in [3.05, 3.63) is 29.8 Å². The molecular formula is C13H17NO5. The maximum absolute atomic E-state index is 11.6. The standard InChI is InChI=1S/C13H17NO5/c1-2-19-10-5-3-9(4-6-10)7-12(16)14-11(8-15)13(17)18/h3-6,11,15H,2,7-8H2,1H3,(H,14,16)(H,17,18)/t11-/m1/s1. The number of carbonyl (C=O) groups is 2. The Morgan fingerprint density at radius 3 is 2.42 bits per heavy atom. The monoisotopic (exact) mass is 267 g/mol. The van der Waals surface area contributed by atoms with E-state index >= 15 is 0 Å². The fourth-order valence-corrected chi connectivity index (χ4v) is 1.49. The van der Waals surface area contributed by atoms with Crippen LogP contribution in [0.2, 0.25) is 0 Å². The molecule has 0 aliphatic rings. The number of hydrogen-bond acceptors (Lipinski definition) is 4. The molecule has 1 aromatic rings. The predicted octanol–water partition coefficient (Wildman–Crippen LogP) is 0.189. The third kappa shape index (κ3) is 4.97. The van der Waals surface area contributed by atoms with E-state index in [1.54, 1.807) is 24.3 Å². The molecule has 0 bridgehead atoms. The summed E-state index contributed by atoms with van der Waals surface area (Å²) in [5, 5.41) is 19.7. The Kier molecular flexibility index (Phi) is 5.81. The van der Waals surface area contributed by atoms with Gasteiger partial charge in [-0.05, 0) is 24.6 Å². The minimum absolute atomic E-state index is 0.0518. The minimum atomic E-state index is -1.27. The summed E-state index contributed by atoms with van der Waals surface area (Å²) in [6.45, 7) is 1.81. The van der Waals surface area contributed by atoms with Crippen LogP contribution in [-0.4, -0.2) is 41.3 Å². The summed E-state index contributed by atoms with van der Waals surface area (Å²) < 4.78 is 5.27. The number of nitrogens with one attached hydrogen (secondary N) is 1. The van der Waals surface area contributed by atoms with Gasteiger partial charge in [0.2, 0.25) is 5.91 Å². The third-order valence-electron chi connectivity index (χ3n) is 2.41. The zero-order valence-corrected chi connectivity index (χ0v) is 10.6. The zero-order valence-electron chi connectivity index (χ0n) is 10.6. The molecule has 6 nitrogen and oxygen atoms in total. The van der Waals surface area contributed by atoms with E-state index in [0.29, 0.717) is 12.4 Å². The van der Waals surface area contributed by atoms with Gasteiger partial charge in [-0.25, -0.2) is 4.79 Å². The summed E-state index contributed by atoms with van der Waals surface area (Å²) in [6, 6.07) is 5.69. The van der Waals surface area contributed by atoms with Crippen molar-refractivity contribution in [1.82, 2.24) is 5.32 Å². The molecule has 3 N–H and O–H groups in total. The van der Waals surface area contributed by atoms with Crippen LogP contribution in [0.5, 0.6) is 5.75 Å². The number of aliphatic carboxylic acids is 1. The zero-order chi connectivity index (χ0) is 14.3. The molecule has 0 unspecified atom stereocenters. The van der Waals surface area contributed by atoms with Gasteiger partial charge >= 0.3 is 5.97 Å². The summed E-state index contributed by atoms with van der Waals surface area (Å²) in [5.74, 6) is -1.00. The Balaban J connectivity index is 2.54. The highest BCUT2D eigenvalue weighted by Crippen LogP contribution is 2.12. The molecule has 6 heteroatoms. The Labute approximate surface area is 111 Å². The Morgan fingerprint density at radius 1 is 1.32 bits per heavy atom. The summed E-state index contributed by atoms with van der Waals surface area (Å²) in [4.78, 5) is 22.2. The predicted molar refractivity (Wildman–Crippen MR) is 68.0 cm³/mol. The van der Waals surface area contributed by atoms with Gasteiger partial charge in [-0.1, -0.05) is 12.1 Å². The van der Waals surface area contributed by atoms with Crippen molar-refractivity contribution in [3.8, 4) is 5.75 Å². The van der Waals surface area contributed by atoms with E-state index in [9.17, 15) is 9.59 Å². The van der Waals surface area contributed by atoms with Crippen molar-refractivity contribution in [3.63, 3.8) is 0 Å². The molecule has 1 atom stereocenters. The highest BCUT2D eigenvalue weighted by Gasteiger charge is 2.18. The molecule has 1 aromatic carbocycles. The van der Waals surface area contributed by atoms with Crippen LogP contribution in [0.4, 0.5) is 0 Å². The van der Waals surface area contributed by atoms with E-state index in [4.69, 9.17) is 14.9 Å². The summed E-state index contributed by atoms with van der Waals surface area (Å²) in [7, 11) is 0. The number of aliphatic hydroxyl groups excluding tert-OH is 1. The number of carboxylic acids is 1. The van der Waals surface area contributed by atoms with Gasteiger partial charge in [0, 0.05) is 0 Å². The first-order chi connectivity index (χ1) is 9.06. The fourth-order valence-electron chi connectivity index (χ4n) is 1.49. The molecule has 1 amide bonds. The van der Waals surface area contributed by atoms with Crippen LogP contribution in [-0.2, 0) is 16.0 Å². The lowest BCUT2D eigenvalue weighted by Gasteiger charge is -2.11. The lowest BCUT2D eigenvalue weighted by molar-refractivity contribution is -0.142. The molecule has 0 saturated heterocycles. The molecule has 104 valence electrons. The van der Waals surface area contributed by atoms with Crippen LogP contribution in [0.3, 0.4) is 0 Å². The number of rotatable bonds is 7. The minimum Gasteiger partial charge on any atom is -0.494 e. The van der Waals surface area contributed by atoms with Gasteiger partial charge in [0.25, 0.3) is 0 Å². The van der Waals surface area contributed by atoms with Crippen molar-refractivity contribution in [2.75, 3.05) is 13.2 Å². The first kappa shape index (κ1) is 15.0. The molecule has 0 aliphatic carbocycles. The molecule has 0 aromatic heterocycles. The molecule has 0 spiro atoms. The van der Waals surface area contributed by atoms with Crippen LogP contribution in [0.25, 0.3) is 0 Å². The quantitative estimate of drug-likeness (QED) is 0.655. The van der Waals surface area contributed by atoms with Crippen molar-refractivity contribution in [2.45, 2.75) is 19.4 Å². The number of carbonyl (C=O) groups excluding carboxylic acids is 1. The van der Waals surface area contributed by atoms with Gasteiger partial charge in [-0.15, -0.1) is 0 Å². The summed E-state index contributed by atoms with van der Waals surface area (Å²) >= 11 is 0. The molecule has 0 radical (unpaired) electrons. The van der Waals surface area contributed by atoms with Crippen molar-refractivity contribution in [2.24, 2.45) is 0 Å². The molecule has 0 saturated carbocycles. The van der Waals surface area contributed by atoms with Crippen molar-refractivity contribution in [1.29, 1.82) is 0 Å². The highest BCUT2D eigenvalue weighted by molar-refractivity contribution is 5.84. The largest absolute Gasteiger partial charge is 0.494 e. The third-order valence-corrected chi connectivity index (χ3v) is 2.41. The maximum Gasteiger partial charge on any atom is 0.328 e. The second-order valence-corrected chi connectivity index (χ2v) is 3.89. The number of ether oxygens (including phenoxy) is 1. The van der Waals surface area contributed by atoms with Gasteiger partial charge in [-0.2, -0.15) is 0 Å². The summed E-state index contributed by atoms with van der Waals surface area (Å²) in [5.41, 5.74) is 0.739. The van der Waals surface area contributed by atoms with E-state index in [-0.39, 0.29) is 6.42 Å². The molecule has 1 rings (SSSR count). The van der Waals surface area contributed by atoms with Gasteiger partial charge < -0.3 is 20.3 Å². The van der Waals surface area contributed by atoms with Gasteiger partial charge in [0.05, 0.1) is 19.6 Å². The Bertz CT molecular complexity index is 429. The number of carboxylic acid groups (broad SMARTS) is 1. The normalized spacial score (nSPS) is 11.7. The Hall–Kier alpha value is -2.08. The number of benzene rings is 1. The van der Waals surface area contributed by atoms with E-state index in [1.807, 2.05) is 6.92 Å². The van der Waals surface area contributed by atoms with Crippen LogP contribution in [0, 0.1) is 0 Å². The van der Waals surface area contributed by atoms with Gasteiger partial charge in [0.15, 0.2) is 0 Å². The maximum atomic E-state index is 11.6. The van der Waals surface area contributed by atoms with Crippen LogP contribution in [0.1, 0.15) is 12.5 Å². The number of aliphatic hydroxyl groups is 1. The average Bonchev–Trinajstić information content (AvgIpc) is 2.38. The van der Waals surface area contributed by atoms with E-state index < -0.39 is 24.5 Å². The Morgan fingerprint density at radius 2 is 1.95 bits per heavy atom. The SMILES string of the molecule is CCOc1ccc(CC(=O)N[C@H](CO)C(=O)O)cc1. The molecular weight excluding hydrogens is 250 g/mol. The summed E-state index contributed by atoms with van der Waals surface area (Å²) in [6.07, 6.45) is 0.0518. The van der Waals surface area contributed by atoms with Crippen molar-refractivity contribution >= 4 is 11.9 Å². The number of hydrogen-bond donors (Lipinski definition) is 3. The molecule has 0 aliphatic heterocycles. The van der Waals surface area contributed by atoms with E-state index in [1.165, 1.54) is 0 Å². The molecule has 0 heterocycles. The van der Waals surface area contributed by atoms with Crippen LogP contribution < -0.4 is 10.1 Å². The lowest BCUT2D eigenvalue weighted by Crippen LogP contribution is -2.43. The van der Waals surface area contributed by atoms with Gasteiger partial charge in [0.1, 0.15) is 11.8 Å². The molecule has 19 heavy (non-hydrogen) atoms. The lowest BCUT2D eigenvalue weighted by atomic mass is 10.1. The number of amides is 1. The first-order valence-electron chi connectivity index (χ1n) is 5.91. The van der Waals surface area contributed by atoms with Gasteiger partial charge in [-0.3, -0.25) is 4.79 Å². The van der Waals surface area contributed by atoms with Crippen LogP contribution in [0.15, 0.2) is 24.3 Å². The second-order valence-electron chi connectivity index (χ2n) is 3.89. The molecule has 0 fully saturated rings. The van der Waals surface area contributed by atoms with E-state index in [2.05, 4.69) is 5.32 Å². The smallest absolute Gasteiger partial charge is 0.328 e. The topological polar surface area (TPSA) is 95.9 Å². The highest BCUT2D eigenvalue weighted by atomic mass is 16.5. The second kappa shape index (κ2) is 7.38. The van der Waals surface area contributed by atoms with Crippen LogP contribution >= 0.6 is 0 Å². The average molecular weight is 267 g/mol. The fraction of sp³-hybridized carbons (Fsp3) is 0.385. The first-order valence-corrected chi connectivity index (χ1v) is 5.91. The van der Waals surface area contributed by atoms with E-state index in [0.717, 1.165) is 5.56 Å². The van der Waals surface area contributed by atoms with Crippen molar-refractivity contribution < 1.29 is 24.5 Å².